The van der Waals surface area contributed by atoms with Crippen LogP contribution in [0.15, 0.2) is 11.6 Å². The van der Waals surface area contributed by atoms with Crippen LogP contribution in [0.1, 0.15) is 79.6 Å². The molecule has 4 aliphatic rings. The molecular weight excluding hydrogens is 380 g/mol. The van der Waals surface area contributed by atoms with Crippen LogP contribution in [-0.4, -0.2) is 29.9 Å². The lowest BCUT2D eigenvalue weighted by Gasteiger charge is -2.62. The molecule has 0 saturated heterocycles. The fourth-order valence-electron chi connectivity index (χ4n) is 8.14. The van der Waals surface area contributed by atoms with Gasteiger partial charge in [0, 0.05) is 19.4 Å². The third-order valence-electron chi connectivity index (χ3n) is 9.30. The molecule has 0 bridgehead atoms. The summed E-state index contributed by atoms with van der Waals surface area (Å²) in [7, 11) is 0. The second-order valence-electron chi connectivity index (χ2n) is 10.5. The lowest BCUT2D eigenvalue weighted by Crippen LogP contribution is -2.63. The average molecular weight is 417 g/mol. The van der Waals surface area contributed by atoms with Crippen molar-refractivity contribution in [2.24, 2.45) is 34.5 Å². The summed E-state index contributed by atoms with van der Waals surface area (Å²) in [5, 5.41) is 0. The Labute approximate surface area is 179 Å². The Morgan fingerprint density at radius 2 is 1.83 bits per heavy atom. The smallest absolute Gasteiger partial charge is 0.305 e. The maximum atomic E-state index is 12.7. The molecule has 0 amide bonds. The zero-order valence-electron chi connectivity index (χ0n) is 19.1. The van der Waals surface area contributed by atoms with E-state index in [1.165, 1.54) is 6.92 Å². The fourth-order valence-corrected chi connectivity index (χ4v) is 8.14. The van der Waals surface area contributed by atoms with Crippen LogP contribution in [0.25, 0.3) is 0 Å². The number of esters is 1. The van der Waals surface area contributed by atoms with E-state index < -0.39 is 17.2 Å². The molecule has 0 heterocycles. The van der Waals surface area contributed by atoms with E-state index in [1.807, 2.05) is 6.92 Å². The van der Waals surface area contributed by atoms with Crippen LogP contribution in [0.2, 0.25) is 0 Å². The quantitative estimate of drug-likeness (QED) is 0.494. The van der Waals surface area contributed by atoms with Gasteiger partial charge in [0.15, 0.2) is 5.78 Å². The van der Waals surface area contributed by atoms with Crippen LogP contribution in [0.5, 0.6) is 0 Å². The largest absolute Gasteiger partial charge is 0.432 e. The molecule has 1 unspecified atom stereocenters. The Kier molecular flexibility index (Phi) is 5.28. The average Bonchev–Trinajstić information content (AvgIpc) is 3.00. The topological polar surface area (TPSA) is 69.7 Å². The van der Waals surface area contributed by atoms with E-state index in [0.29, 0.717) is 24.2 Å². The van der Waals surface area contributed by atoms with Crippen molar-refractivity contribution in [2.75, 3.05) is 6.61 Å². The Bertz CT molecular complexity index is 799. The van der Waals surface area contributed by atoms with Crippen molar-refractivity contribution >= 4 is 17.5 Å². The zero-order valence-corrected chi connectivity index (χ0v) is 19.1. The van der Waals surface area contributed by atoms with Crippen LogP contribution >= 0.6 is 0 Å². The molecule has 0 spiro atoms. The number of hydrogen-bond donors (Lipinski definition) is 0. The van der Waals surface area contributed by atoms with Crippen molar-refractivity contribution in [1.82, 2.24) is 0 Å². The first-order chi connectivity index (χ1) is 14.1. The van der Waals surface area contributed by atoms with E-state index in [-0.39, 0.29) is 29.5 Å². The number of Topliss-reactive ketones (excluding diaryl/α,β-unsaturated/α-hetero) is 1. The van der Waals surface area contributed by atoms with E-state index in [4.69, 9.17) is 9.47 Å². The van der Waals surface area contributed by atoms with E-state index >= 15 is 0 Å². The van der Waals surface area contributed by atoms with Gasteiger partial charge < -0.3 is 9.47 Å². The summed E-state index contributed by atoms with van der Waals surface area (Å²) in [6.07, 6.45) is 7.80. The molecule has 0 radical (unpaired) electrons. The second kappa shape index (κ2) is 7.29. The molecule has 30 heavy (non-hydrogen) atoms. The first-order valence-electron chi connectivity index (χ1n) is 11.7. The normalized spacial score (nSPS) is 45.1. The standard InChI is InChI=1S/C25H36O5/c1-6-29-25(30-16(3)27)14-18(28)13-17-7-8-19-21-10-9-20(15(2)26)23(21,4)12-11-22(19)24(17,25)5/h13,19-22H,6-12,14H2,1-5H3/t19-,20+,21-,22-,23+,24-,25?/m0/s1. The minimum atomic E-state index is -1.23. The number of ketones is 2. The molecule has 0 aromatic rings. The summed E-state index contributed by atoms with van der Waals surface area (Å²) >= 11 is 0. The van der Waals surface area contributed by atoms with Crippen molar-refractivity contribution in [3.8, 4) is 0 Å². The molecule has 0 aromatic carbocycles. The maximum absolute atomic E-state index is 12.7. The highest BCUT2D eigenvalue weighted by Crippen LogP contribution is 2.68. The van der Waals surface area contributed by atoms with Crippen molar-refractivity contribution in [1.29, 1.82) is 0 Å². The number of carbonyl (C=O) groups is 3. The van der Waals surface area contributed by atoms with Crippen LogP contribution in [-0.2, 0) is 23.9 Å². The highest BCUT2D eigenvalue weighted by atomic mass is 16.7. The molecule has 4 rings (SSSR count). The Morgan fingerprint density at radius 3 is 2.47 bits per heavy atom. The first kappa shape index (κ1) is 21.7. The summed E-state index contributed by atoms with van der Waals surface area (Å²) in [6, 6.07) is 0. The van der Waals surface area contributed by atoms with E-state index in [0.717, 1.165) is 44.1 Å². The molecule has 5 nitrogen and oxygen atoms in total. The second-order valence-corrected chi connectivity index (χ2v) is 10.5. The molecule has 166 valence electrons. The van der Waals surface area contributed by atoms with Gasteiger partial charge in [0.05, 0.1) is 11.8 Å². The summed E-state index contributed by atoms with van der Waals surface area (Å²) in [4.78, 5) is 37.2. The van der Waals surface area contributed by atoms with Crippen LogP contribution in [0, 0.1) is 34.5 Å². The van der Waals surface area contributed by atoms with Gasteiger partial charge in [-0.1, -0.05) is 12.5 Å². The molecule has 3 saturated carbocycles. The zero-order chi connectivity index (χ0) is 21.9. The van der Waals surface area contributed by atoms with Gasteiger partial charge in [-0.25, -0.2) is 0 Å². The first-order valence-corrected chi connectivity index (χ1v) is 11.7. The highest BCUT2D eigenvalue weighted by molar-refractivity contribution is 5.93. The minimum absolute atomic E-state index is 0.0196. The molecule has 3 fully saturated rings. The molecule has 4 aliphatic carbocycles. The van der Waals surface area contributed by atoms with Gasteiger partial charge in [0.1, 0.15) is 5.78 Å². The summed E-state index contributed by atoms with van der Waals surface area (Å²) in [5.41, 5.74) is 0.630. The van der Waals surface area contributed by atoms with E-state index in [9.17, 15) is 14.4 Å². The minimum Gasteiger partial charge on any atom is -0.432 e. The number of ether oxygens (including phenoxy) is 2. The van der Waals surface area contributed by atoms with Gasteiger partial charge in [-0.3, -0.25) is 14.4 Å². The molecule has 0 aliphatic heterocycles. The molecule has 0 N–H and O–H groups in total. The van der Waals surface area contributed by atoms with Crippen LogP contribution < -0.4 is 0 Å². The molecule has 5 heteroatoms. The Hall–Kier alpha value is -1.49. The van der Waals surface area contributed by atoms with Crippen molar-refractivity contribution in [3.63, 3.8) is 0 Å². The molecule has 7 atom stereocenters. The van der Waals surface area contributed by atoms with Gasteiger partial charge in [-0.2, -0.15) is 0 Å². The van der Waals surface area contributed by atoms with Crippen LogP contribution in [0.4, 0.5) is 0 Å². The monoisotopic (exact) mass is 416 g/mol. The third kappa shape index (κ3) is 2.87. The van der Waals surface area contributed by atoms with Crippen molar-refractivity contribution in [3.05, 3.63) is 11.6 Å². The number of hydrogen-bond acceptors (Lipinski definition) is 5. The van der Waals surface area contributed by atoms with E-state index in [1.54, 1.807) is 13.0 Å². The number of rotatable bonds is 4. The van der Waals surface area contributed by atoms with Crippen LogP contribution in [0.3, 0.4) is 0 Å². The maximum Gasteiger partial charge on any atom is 0.305 e. The van der Waals surface area contributed by atoms with E-state index in [2.05, 4.69) is 13.8 Å². The predicted molar refractivity (Wildman–Crippen MR) is 112 cm³/mol. The highest BCUT2D eigenvalue weighted by Gasteiger charge is 2.67. The van der Waals surface area contributed by atoms with Gasteiger partial charge in [0.2, 0.25) is 5.79 Å². The molecule has 0 aromatic heterocycles. The summed E-state index contributed by atoms with van der Waals surface area (Å²) in [6.45, 7) is 9.92. The van der Waals surface area contributed by atoms with Crippen molar-refractivity contribution in [2.45, 2.75) is 85.4 Å². The SMILES string of the molecule is CCOC1(OC(C)=O)CC(=O)C=C2CC[C@H]3[C@@H]4CC[C@H](C(C)=O)[C@@]4(C)CC[C@@H]3[C@]21C. The van der Waals surface area contributed by atoms with Crippen molar-refractivity contribution < 1.29 is 23.9 Å². The predicted octanol–water partition coefficient (Wildman–Crippen LogP) is 4.63. The van der Waals surface area contributed by atoms with Gasteiger partial charge in [-0.05, 0) is 88.5 Å². The van der Waals surface area contributed by atoms with Gasteiger partial charge in [-0.15, -0.1) is 0 Å². The third-order valence-corrected chi connectivity index (χ3v) is 9.30. The summed E-state index contributed by atoms with van der Waals surface area (Å²) < 4.78 is 12.1. The molecular formula is C25H36O5. The summed E-state index contributed by atoms with van der Waals surface area (Å²) in [5.74, 6) is 0.0635. The Morgan fingerprint density at radius 1 is 1.10 bits per heavy atom. The van der Waals surface area contributed by atoms with Gasteiger partial charge in [0.25, 0.3) is 0 Å². The number of fused-ring (bicyclic) bond motifs is 5. The Balaban J connectivity index is 1.78. The lowest BCUT2D eigenvalue weighted by molar-refractivity contribution is -0.295. The fraction of sp³-hybridized carbons (Fsp3) is 0.800. The number of carbonyl (C=O) groups excluding carboxylic acids is 3. The lowest BCUT2D eigenvalue weighted by atomic mass is 9.45. The van der Waals surface area contributed by atoms with Gasteiger partial charge >= 0.3 is 5.97 Å².